The number of carbonyl (C=O) groups is 1. The number of halogens is 1. The molecule has 0 aliphatic carbocycles. The van der Waals surface area contributed by atoms with E-state index in [0.717, 1.165) is 16.8 Å². The fraction of sp³-hybridized carbons (Fsp3) is 0.348. The van der Waals surface area contributed by atoms with Gasteiger partial charge < -0.3 is 10.1 Å². The Morgan fingerprint density at radius 1 is 1.10 bits per heavy atom. The minimum Gasteiger partial charge on any atom is -0.486 e. The monoisotopic (exact) mass is 458 g/mol. The van der Waals surface area contributed by atoms with Gasteiger partial charge in [0, 0.05) is 10.7 Å². The van der Waals surface area contributed by atoms with Gasteiger partial charge in [-0.1, -0.05) is 69.3 Å². The summed E-state index contributed by atoms with van der Waals surface area (Å²) in [5, 5.41) is 11.3. The van der Waals surface area contributed by atoms with Crippen LogP contribution in [0.15, 0.2) is 47.6 Å². The maximum Gasteiger partial charge on any atom is 0.234 e. The molecule has 0 saturated carbocycles. The number of amides is 1. The molecular formula is C23H27ClN4O2S. The second-order valence-corrected chi connectivity index (χ2v) is 9.14. The predicted molar refractivity (Wildman–Crippen MR) is 126 cm³/mol. The van der Waals surface area contributed by atoms with Crippen molar-refractivity contribution in [1.29, 1.82) is 0 Å². The second kappa shape index (κ2) is 10.7. The van der Waals surface area contributed by atoms with Crippen molar-refractivity contribution in [2.75, 3.05) is 11.1 Å². The van der Waals surface area contributed by atoms with Crippen molar-refractivity contribution in [2.24, 2.45) is 0 Å². The molecule has 0 aliphatic heterocycles. The Labute approximate surface area is 192 Å². The van der Waals surface area contributed by atoms with E-state index < -0.39 is 0 Å². The molecule has 0 saturated heterocycles. The SMILES string of the molecule is CC(C)c1cccc(C(C)C)c1NC(=O)CSc1n[nH]c(COc2ccc(Cl)cc2)n1. The number of carbonyl (C=O) groups excluding carboxylic acids is 1. The van der Waals surface area contributed by atoms with Crippen molar-refractivity contribution in [3.8, 4) is 5.75 Å². The van der Waals surface area contributed by atoms with E-state index in [1.807, 2.05) is 0 Å². The van der Waals surface area contributed by atoms with Crippen LogP contribution in [0.2, 0.25) is 5.02 Å². The van der Waals surface area contributed by atoms with Gasteiger partial charge in [-0.2, -0.15) is 0 Å². The lowest BCUT2D eigenvalue weighted by Crippen LogP contribution is -2.17. The maximum atomic E-state index is 12.6. The number of para-hydroxylation sites is 1. The third kappa shape index (κ3) is 6.48. The summed E-state index contributed by atoms with van der Waals surface area (Å²) < 4.78 is 5.66. The van der Waals surface area contributed by atoms with Crippen LogP contribution in [0, 0.1) is 0 Å². The van der Waals surface area contributed by atoms with Gasteiger partial charge in [-0.25, -0.2) is 4.98 Å². The Hall–Kier alpha value is -2.51. The summed E-state index contributed by atoms with van der Waals surface area (Å²) in [7, 11) is 0. The van der Waals surface area contributed by atoms with Gasteiger partial charge in [-0.05, 0) is 47.2 Å². The molecule has 6 nitrogen and oxygen atoms in total. The van der Waals surface area contributed by atoms with Crippen LogP contribution in [0.5, 0.6) is 5.75 Å². The molecule has 0 spiro atoms. The number of hydrogen-bond donors (Lipinski definition) is 2. The summed E-state index contributed by atoms with van der Waals surface area (Å²) in [6.45, 7) is 8.77. The molecule has 1 amide bonds. The van der Waals surface area contributed by atoms with E-state index in [-0.39, 0.29) is 18.3 Å². The molecule has 1 aromatic heterocycles. The number of aromatic amines is 1. The maximum absolute atomic E-state index is 12.6. The Kier molecular flexibility index (Phi) is 7.98. The first-order chi connectivity index (χ1) is 14.8. The number of ether oxygens (including phenoxy) is 1. The molecule has 0 aliphatic rings. The van der Waals surface area contributed by atoms with Gasteiger partial charge in [0.2, 0.25) is 11.1 Å². The van der Waals surface area contributed by atoms with Crippen LogP contribution in [0.4, 0.5) is 5.69 Å². The van der Waals surface area contributed by atoms with E-state index in [1.54, 1.807) is 24.3 Å². The first-order valence-electron chi connectivity index (χ1n) is 10.2. The second-order valence-electron chi connectivity index (χ2n) is 7.76. The third-order valence-corrected chi connectivity index (χ3v) is 5.77. The fourth-order valence-corrected chi connectivity index (χ4v) is 3.83. The Bertz CT molecular complexity index is 992. The fourth-order valence-electron chi connectivity index (χ4n) is 3.09. The molecule has 0 radical (unpaired) electrons. The quantitative estimate of drug-likeness (QED) is 0.383. The van der Waals surface area contributed by atoms with Crippen molar-refractivity contribution in [3.05, 3.63) is 64.4 Å². The molecule has 0 bridgehead atoms. The average Bonchev–Trinajstić information content (AvgIpc) is 3.19. The lowest BCUT2D eigenvalue weighted by molar-refractivity contribution is -0.113. The molecule has 0 atom stereocenters. The number of nitrogens with zero attached hydrogens (tertiary/aromatic N) is 2. The molecule has 8 heteroatoms. The summed E-state index contributed by atoms with van der Waals surface area (Å²) in [5.74, 6) is 2.06. The lowest BCUT2D eigenvalue weighted by Gasteiger charge is -2.20. The normalized spacial score (nSPS) is 11.2. The van der Waals surface area contributed by atoms with Crippen LogP contribution >= 0.6 is 23.4 Å². The van der Waals surface area contributed by atoms with E-state index in [1.165, 1.54) is 11.8 Å². The molecule has 0 fully saturated rings. The highest BCUT2D eigenvalue weighted by Crippen LogP contribution is 2.32. The molecule has 2 aromatic carbocycles. The van der Waals surface area contributed by atoms with E-state index in [9.17, 15) is 4.79 Å². The predicted octanol–water partition coefficient (Wildman–Crippen LogP) is 6.01. The van der Waals surface area contributed by atoms with Gasteiger partial charge in [0.05, 0.1) is 5.75 Å². The van der Waals surface area contributed by atoms with Gasteiger partial charge in [-0.15, -0.1) is 5.10 Å². The van der Waals surface area contributed by atoms with Gasteiger partial charge in [0.1, 0.15) is 12.4 Å². The number of nitrogens with one attached hydrogen (secondary N) is 2. The summed E-state index contributed by atoms with van der Waals surface area (Å²) in [4.78, 5) is 17.0. The highest BCUT2D eigenvalue weighted by Gasteiger charge is 2.16. The zero-order chi connectivity index (χ0) is 22.4. The zero-order valence-electron chi connectivity index (χ0n) is 18.1. The average molecular weight is 459 g/mol. The molecule has 2 N–H and O–H groups in total. The largest absolute Gasteiger partial charge is 0.486 e. The van der Waals surface area contributed by atoms with Crippen molar-refractivity contribution < 1.29 is 9.53 Å². The Morgan fingerprint density at radius 2 is 1.74 bits per heavy atom. The number of H-pyrrole nitrogens is 1. The van der Waals surface area contributed by atoms with Gasteiger partial charge in [0.25, 0.3) is 0 Å². The smallest absolute Gasteiger partial charge is 0.234 e. The van der Waals surface area contributed by atoms with E-state index in [4.69, 9.17) is 16.3 Å². The topological polar surface area (TPSA) is 79.9 Å². The number of benzene rings is 2. The Morgan fingerprint density at radius 3 is 2.35 bits per heavy atom. The van der Waals surface area contributed by atoms with Crippen LogP contribution in [-0.2, 0) is 11.4 Å². The van der Waals surface area contributed by atoms with Crippen LogP contribution < -0.4 is 10.1 Å². The van der Waals surface area contributed by atoms with Crippen molar-refractivity contribution in [3.63, 3.8) is 0 Å². The highest BCUT2D eigenvalue weighted by atomic mass is 35.5. The van der Waals surface area contributed by atoms with Gasteiger partial charge in [-0.3, -0.25) is 9.89 Å². The molecule has 3 rings (SSSR count). The molecular weight excluding hydrogens is 432 g/mol. The van der Waals surface area contributed by atoms with E-state index >= 15 is 0 Å². The summed E-state index contributed by atoms with van der Waals surface area (Å²) in [5.41, 5.74) is 3.21. The molecule has 0 unspecified atom stereocenters. The van der Waals surface area contributed by atoms with Gasteiger partial charge in [0.15, 0.2) is 5.82 Å². The van der Waals surface area contributed by atoms with Gasteiger partial charge >= 0.3 is 0 Å². The summed E-state index contributed by atoms with van der Waals surface area (Å²) >= 11 is 7.15. The number of rotatable bonds is 9. The minimum atomic E-state index is -0.0798. The first-order valence-corrected chi connectivity index (χ1v) is 11.5. The van der Waals surface area contributed by atoms with Crippen molar-refractivity contribution in [2.45, 2.75) is 51.3 Å². The molecule has 31 heavy (non-hydrogen) atoms. The van der Waals surface area contributed by atoms with Crippen molar-refractivity contribution in [1.82, 2.24) is 15.2 Å². The molecule has 3 aromatic rings. The van der Waals surface area contributed by atoms with Crippen LogP contribution in [0.1, 0.15) is 56.5 Å². The summed E-state index contributed by atoms with van der Waals surface area (Å²) in [6.07, 6.45) is 0. The highest BCUT2D eigenvalue weighted by molar-refractivity contribution is 7.99. The summed E-state index contributed by atoms with van der Waals surface area (Å²) in [6, 6.07) is 13.3. The Balaban J connectivity index is 1.56. The number of thioether (sulfide) groups is 1. The molecule has 164 valence electrons. The zero-order valence-corrected chi connectivity index (χ0v) is 19.7. The first kappa shape index (κ1) is 23.2. The lowest BCUT2D eigenvalue weighted by atomic mass is 9.92. The number of aromatic nitrogens is 3. The van der Waals surface area contributed by atoms with E-state index in [2.05, 4.69) is 66.4 Å². The minimum absolute atomic E-state index is 0.0798. The number of anilines is 1. The van der Waals surface area contributed by atoms with Crippen LogP contribution in [0.25, 0.3) is 0 Å². The van der Waals surface area contributed by atoms with E-state index in [0.29, 0.717) is 33.6 Å². The van der Waals surface area contributed by atoms with Crippen LogP contribution in [-0.4, -0.2) is 26.8 Å². The van der Waals surface area contributed by atoms with Crippen LogP contribution in [0.3, 0.4) is 0 Å². The standard InChI is InChI=1S/C23H27ClN4O2S/c1-14(2)18-6-5-7-19(15(3)4)22(18)26-21(29)13-31-23-25-20(27-28-23)12-30-17-10-8-16(24)9-11-17/h5-11,14-15H,12-13H2,1-4H3,(H,26,29)(H,25,27,28). The number of hydrogen-bond acceptors (Lipinski definition) is 5. The van der Waals surface area contributed by atoms with Crippen molar-refractivity contribution >= 4 is 35.0 Å². The third-order valence-electron chi connectivity index (χ3n) is 4.67. The molecule has 1 heterocycles.